The van der Waals surface area contributed by atoms with Gasteiger partial charge in [0.2, 0.25) is 0 Å². The first-order valence-electron chi connectivity index (χ1n) is 6.56. The van der Waals surface area contributed by atoms with Gasteiger partial charge in [0.15, 0.2) is 5.82 Å². The molecule has 2 aromatic heterocycles. The molecule has 0 aromatic carbocycles. The summed E-state index contributed by atoms with van der Waals surface area (Å²) < 4.78 is 1.86. The van der Waals surface area contributed by atoms with Gasteiger partial charge in [-0.2, -0.15) is 5.10 Å². The number of hydrogen-bond donors (Lipinski definition) is 1. The first-order valence-corrected chi connectivity index (χ1v) is 6.56. The van der Waals surface area contributed by atoms with E-state index in [2.05, 4.69) is 48.1 Å². The zero-order valence-electron chi connectivity index (χ0n) is 12.2. The minimum absolute atomic E-state index is 0.432. The molecular weight excluding hydrogens is 238 g/mol. The van der Waals surface area contributed by atoms with Crippen molar-refractivity contribution in [3.05, 3.63) is 35.0 Å². The molecule has 19 heavy (non-hydrogen) atoms. The summed E-state index contributed by atoms with van der Waals surface area (Å²) in [6.45, 7) is 11.1. The second-order valence-electron chi connectivity index (χ2n) is 5.11. The maximum absolute atomic E-state index is 4.61. The molecule has 0 saturated heterocycles. The third-order valence-electron chi connectivity index (χ3n) is 3.23. The fourth-order valence-electron chi connectivity index (χ4n) is 1.83. The molecule has 0 spiro atoms. The zero-order chi connectivity index (χ0) is 14.0. The quantitative estimate of drug-likeness (QED) is 0.913. The number of aryl methyl sites for hydroxylation is 1. The zero-order valence-corrected chi connectivity index (χ0v) is 12.2. The van der Waals surface area contributed by atoms with E-state index in [9.17, 15) is 0 Å². The minimum atomic E-state index is 0.432. The molecule has 0 unspecified atom stereocenters. The number of aromatic nitrogens is 4. The van der Waals surface area contributed by atoms with Crippen LogP contribution >= 0.6 is 0 Å². The van der Waals surface area contributed by atoms with Crippen LogP contribution in [0, 0.1) is 20.8 Å². The van der Waals surface area contributed by atoms with Gasteiger partial charge in [-0.3, -0.25) is 4.98 Å². The van der Waals surface area contributed by atoms with Crippen LogP contribution in [0.3, 0.4) is 0 Å². The second-order valence-corrected chi connectivity index (χ2v) is 5.11. The van der Waals surface area contributed by atoms with Gasteiger partial charge in [0.25, 0.3) is 0 Å². The molecule has 0 aliphatic heterocycles. The van der Waals surface area contributed by atoms with E-state index in [4.69, 9.17) is 0 Å². The predicted molar refractivity (Wildman–Crippen MR) is 75.3 cm³/mol. The first kappa shape index (κ1) is 13.7. The van der Waals surface area contributed by atoms with E-state index in [1.165, 1.54) is 5.56 Å². The maximum atomic E-state index is 4.61. The van der Waals surface area contributed by atoms with Gasteiger partial charge in [-0.05, 0) is 26.3 Å². The lowest BCUT2D eigenvalue weighted by Gasteiger charge is -2.09. The Morgan fingerprint density at radius 2 is 1.95 bits per heavy atom. The third kappa shape index (κ3) is 2.98. The van der Waals surface area contributed by atoms with Crippen LogP contribution in [0.1, 0.15) is 36.5 Å². The predicted octanol–water partition coefficient (Wildman–Crippen LogP) is 2.09. The van der Waals surface area contributed by atoms with Gasteiger partial charge < -0.3 is 5.32 Å². The summed E-state index contributed by atoms with van der Waals surface area (Å²) in [6, 6.07) is 0.432. The lowest BCUT2D eigenvalue weighted by molar-refractivity contribution is 0.578. The fourth-order valence-corrected chi connectivity index (χ4v) is 1.83. The Labute approximate surface area is 114 Å². The molecule has 1 N–H and O–H groups in total. The standard InChI is InChI=1S/C14H21N5/c1-9(2)16-7-13-6-15-8-14(17-13)19-12(5)10(3)11(4)18-19/h6,8-9,16H,7H2,1-5H3. The van der Waals surface area contributed by atoms with Crippen molar-refractivity contribution in [2.24, 2.45) is 0 Å². The molecule has 2 rings (SSSR count). The van der Waals surface area contributed by atoms with E-state index in [-0.39, 0.29) is 0 Å². The molecule has 5 heteroatoms. The average Bonchev–Trinajstić information content (AvgIpc) is 2.64. The van der Waals surface area contributed by atoms with E-state index >= 15 is 0 Å². The van der Waals surface area contributed by atoms with E-state index in [1.54, 1.807) is 12.4 Å². The molecule has 0 fully saturated rings. The summed E-state index contributed by atoms with van der Waals surface area (Å²) in [5, 5.41) is 7.85. The van der Waals surface area contributed by atoms with Gasteiger partial charge >= 0.3 is 0 Å². The number of nitrogens with zero attached hydrogens (tertiary/aromatic N) is 4. The smallest absolute Gasteiger partial charge is 0.172 e. The molecule has 102 valence electrons. The van der Waals surface area contributed by atoms with E-state index in [0.29, 0.717) is 6.04 Å². The Balaban J connectivity index is 2.30. The van der Waals surface area contributed by atoms with Gasteiger partial charge in [-0.15, -0.1) is 0 Å². The van der Waals surface area contributed by atoms with Gasteiger partial charge in [-0.1, -0.05) is 13.8 Å². The third-order valence-corrected chi connectivity index (χ3v) is 3.23. The molecule has 2 heterocycles. The summed E-state index contributed by atoms with van der Waals surface area (Å²) in [6.07, 6.45) is 3.54. The van der Waals surface area contributed by atoms with Crippen LogP contribution in [0.4, 0.5) is 0 Å². The summed E-state index contributed by atoms with van der Waals surface area (Å²) in [4.78, 5) is 8.86. The molecule has 2 aromatic rings. The lowest BCUT2D eigenvalue weighted by atomic mass is 10.2. The van der Waals surface area contributed by atoms with Crippen LogP contribution in [-0.4, -0.2) is 25.8 Å². The van der Waals surface area contributed by atoms with Crippen molar-refractivity contribution in [1.29, 1.82) is 0 Å². The normalized spacial score (nSPS) is 11.3. The monoisotopic (exact) mass is 259 g/mol. The van der Waals surface area contributed by atoms with Crippen molar-refractivity contribution in [2.45, 2.75) is 47.2 Å². The van der Waals surface area contributed by atoms with Gasteiger partial charge in [0.1, 0.15) is 0 Å². The van der Waals surface area contributed by atoms with Crippen molar-refractivity contribution in [1.82, 2.24) is 25.1 Å². The molecular formula is C14H21N5. The molecule has 0 bridgehead atoms. The van der Waals surface area contributed by atoms with Crippen LogP contribution in [0.2, 0.25) is 0 Å². The van der Waals surface area contributed by atoms with Crippen molar-refractivity contribution in [3.8, 4) is 5.82 Å². The van der Waals surface area contributed by atoms with Crippen LogP contribution in [0.25, 0.3) is 5.82 Å². The highest BCUT2D eigenvalue weighted by Crippen LogP contribution is 2.14. The van der Waals surface area contributed by atoms with Crippen LogP contribution in [0.15, 0.2) is 12.4 Å². The molecule has 0 aliphatic rings. The van der Waals surface area contributed by atoms with Crippen molar-refractivity contribution in [2.75, 3.05) is 0 Å². The molecule has 5 nitrogen and oxygen atoms in total. The summed E-state index contributed by atoms with van der Waals surface area (Å²) in [5.41, 5.74) is 4.27. The lowest BCUT2D eigenvalue weighted by Crippen LogP contribution is -2.22. The van der Waals surface area contributed by atoms with Crippen molar-refractivity contribution in [3.63, 3.8) is 0 Å². The Kier molecular flexibility index (Phi) is 3.95. The molecule has 0 aliphatic carbocycles. The van der Waals surface area contributed by atoms with Crippen molar-refractivity contribution >= 4 is 0 Å². The van der Waals surface area contributed by atoms with Gasteiger partial charge in [-0.25, -0.2) is 9.67 Å². The Morgan fingerprint density at radius 3 is 2.53 bits per heavy atom. The highest BCUT2D eigenvalue weighted by molar-refractivity contribution is 5.30. The minimum Gasteiger partial charge on any atom is -0.309 e. The first-order chi connectivity index (χ1) is 8.99. The van der Waals surface area contributed by atoms with Crippen molar-refractivity contribution < 1.29 is 0 Å². The molecule has 0 amide bonds. The molecule has 0 radical (unpaired) electrons. The largest absolute Gasteiger partial charge is 0.309 e. The van der Waals surface area contributed by atoms with E-state index in [1.807, 2.05) is 11.6 Å². The fraction of sp³-hybridized carbons (Fsp3) is 0.500. The van der Waals surface area contributed by atoms with Crippen LogP contribution in [-0.2, 0) is 6.54 Å². The Bertz CT molecular complexity index is 571. The van der Waals surface area contributed by atoms with E-state index in [0.717, 1.165) is 29.4 Å². The van der Waals surface area contributed by atoms with E-state index < -0.39 is 0 Å². The molecule has 0 saturated carbocycles. The van der Waals surface area contributed by atoms with Gasteiger partial charge in [0.05, 0.1) is 17.6 Å². The Hall–Kier alpha value is -1.75. The SMILES string of the molecule is Cc1nn(-c2cncc(CNC(C)C)n2)c(C)c1C. The summed E-state index contributed by atoms with van der Waals surface area (Å²) in [5.74, 6) is 0.775. The number of hydrogen-bond acceptors (Lipinski definition) is 4. The Morgan fingerprint density at radius 1 is 1.21 bits per heavy atom. The topological polar surface area (TPSA) is 55.6 Å². The van der Waals surface area contributed by atoms with Gasteiger partial charge in [0, 0.05) is 24.5 Å². The highest BCUT2D eigenvalue weighted by atomic mass is 15.3. The molecule has 0 atom stereocenters. The summed E-state index contributed by atoms with van der Waals surface area (Å²) >= 11 is 0. The average molecular weight is 259 g/mol. The summed E-state index contributed by atoms with van der Waals surface area (Å²) in [7, 11) is 0. The van der Waals surface area contributed by atoms with Crippen LogP contribution < -0.4 is 5.32 Å². The maximum Gasteiger partial charge on any atom is 0.172 e. The highest BCUT2D eigenvalue weighted by Gasteiger charge is 2.10. The number of rotatable bonds is 4. The number of nitrogens with one attached hydrogen (secondary N) is 1. The second kappa shape index (κ2) is 5.48. The van der Waals surface area contributed by atoms with Crippen LogP contribution in [0.5, 0.6) is 0 Å².